The van der Waals surface area contributed by atoms with E-state index in [1.807, 2.05) is 6.92 Å². The van der Waals surface area contributed by atoms with Gasteiger partial charge in [-0.25, -0.2) is 0 Å². The number of nitro benzene ring substituents is 1. The molecule has 4 heteroatoms. The second-order valence-electron chi connectivity index (χ2n) is 3.57. The van der Waals surface area contributed by atoms with Gasteiger partial charge in [0.15, 0.2) is 0 Å². The van der Waals surface area contributed by atoms with Crippen molar-refractivity contribution in [2.45, 2.75) is 13.8 Å². The monoisotopic (exact) mass is 206 g/mol. The maximum absolute atomic E-state index is 10.6. The molecule has 0 aliphatic carbocycles. The Morgan fingerprint density at radius 2 is 2.27 bits per heavy atom. The van der Waals surface area contributed by atoms with E-state index in [-0.39, 0.29) is 10.6 Å². The lowest BCUT2D eigenvalue weighted by Crippen LogP contribution is -2.02. The Hall–Kier alpha value is -1.84. The standard InChI is InChI=1S/C11H14N2O2/c1-8(2)7-12-10-4-5-11(13(14)15)9(3)6-10/h4-6,12H,1,7H2,2-3H3. The summed E-state index contributed by atoms with van der Waals surface area (Å²) in [7, 11) is 0. The van der Waals surface area contributed by atoms with Crippen LogP contribution in [-0.2, 0) is 0 Å². The number of anilines is 1. The molecule has 0 heterocycles. The Labute approximate surface area is 88.8 Å². The van der Waals surface area contributed by atoms with Crippen molar-refractivity contribution in [2.24, 2.45) is 0 Å². The van der Waals surface area contributed by atoms with Crippen molar-refractivity contribution in [1.29, 1.82) is 0 Å². The molecule has 4 nitrogen and oxygen atoms in total. The van der Waals surface area contributed by atoms with Crippen molar-refractivity contribution in [2.75, 3.05) is 11.9 Å². The zero-order valence-corrected chi connectivity index (χ0v) is 8.91. The fraction of sp³-hybridized carbons (Fsp3) is 0.273. The number of hydrogen-bond donors (Lipinski definition) is 1. The highest BCUT2D eigenvalue weighted by atomic mass is 16.6. The van der Waals surface area contributed by atoms with Crippen LogP contribution in [0, 0.1) is 17.0 Å². The van der Waals surface area contributed by atoms with Gasteiger partial charge >= 0.3 is 0 Å². The molecule has 0 saturated carbocycles. The van der Waals surface area contributed by atoms with Crippen molar-refractivity contribution in [3.63, 3.8) is 0 Å². The second kappa shape index (κ2) is 4.59. The van der Waals surface area contributed by atoms with Crippen LogP contribution in [0.5, 0.6) is 0 Å². The predicted octanol–water partition coefficient (Wildman–Crippen LogP) is 2.89. The number of rotatable bonds is 4. The number of nitrogens with one attached hydrogen (secondary N) is 1. The number of nitro groups is 1. The summed E-state index contributed by atoms with van der Waals surface area (Å²) in [6.07, 6.45) is 0. The Bertz CT molecular complexity index is 400. The summed E-state index contributed by atoms with van der Waals surface area (Å²) < 4.78 is 0. The van der Waals surface area contributed by atoms with Gasteiger partial charge in [0, 0.05) is 23.9 Å². The Morgan fingerprint density at radius 1 is 1.60 bits per heavy atom. The molecule has 0 saturated heterocycles. The van der Waals surface area contributed by atoms with Crippen molar-refractivity contribution >= 4 is 11.4 Å². The Balaban J connectivity index is 2.82. The number of nitrogens with zero attached hydrogens (tertiary/aromatic N) is 1. The van der Waals surface area contributed by atoms with Gasteiger partial charge in [0.05, 0.1) is 4.92 Å². The SMILES string of the molecule is C=C(C)CNc1ccc([N+](=O)[O-])c(C)c1. The van der Waals surface area contributed by atoms with Crippen LogP contribution < -0.4 is 5.32 Å². The number of benzene rings is 1. The van der Waals surface area contributed by atoms with Gasteiger partial charge in [-0.1, -0.05) is 12.2 Å². The molecule has 0 bridgehead atoms. The zero-order valence-electron chi connectivity index (χ0n) is 8.91. The number of aryl methyl sites for hydroxylation is 1. The summed E-state index contributed by atoms with van der Waals surface area (Å²) in [5, 5.41) is 13.7. The molecule has 1 aromatic carbocycles. The molecule has 0 atom stereocenters. The molecule has 0 aliphatic heterocycles. The fourth-order valence-corrected chi connectivity index (χ4v) is 1.22. The quantitative estimate of drug-likeness (QED) is 0.468. The van der Waals surface area contributed by atoms with Crippen molar-refractivity contribution in [3.8, 4) is 0 Å². The van der Waals surface area contributed by atoms with Crippen molar-refractivity contribution in [3.05, 3.63) is 46.0 Å². The van der Waals surface area contributed by atoms with E-state index in [4.69, 9.17) is 0 Å². The van der Waals surface area contributed by atoms with E-state index in [2.05, 4.69) is 11.9 Å². The van der Waals surface area contributed by atoms with Crippen LogP contribution in [0.2, 0.25) is 0 Å². The molecule has 0 radical (unpaired) electrons. The van der Waals surface area contributed by atoms with E-state index >= 15 is 0 Å². The highest BCUT2D eigenvalue weighted by Gasteiger charge is 2.09. The minimum Gasteiger partial charge on any atom is -0.381 e. The van der Waals surface area contributed by atoms with Gasteiger partial charge in [-0.2, -0.15) is 0 Å². The zero-order chi connectivity index (χ0) is 11.4. The maximum atomic E-state index is 10.6. The molecule has 0 fully saturated rings. The molecule has 0 unspecified atom stereocenters. The second-order valence-corrected chi connectivity index (χ2v) is 3.57. The normalized spacial score (nSPS) is 9.73. The van der Waals surface area contributed by atoms with Crippen LogP contribution in [0.4, 0.5) is 11.4 Å². The van der Waals surface area contributed by atoms with Gasteiger partial charge in [0.1, 0.15) is 0 Å². The summed E-state index contributed by atoms with van der Waals surface area (Å²) in [5.74, 6) is 0. The molecule has 0 amide bonds. The Morgan fingerprint density at radius 3 is 2.73 bits per heavy atom. The van der Waals surface area contributed by atoms with E-state index in [0.717, 1.165) is 11.3 Å². The third kappa shape index (κ3) is 3.09. The average molecular weight is 206 g/mol. The van der Waals surface area contributed by atoms with E-state index in [1.54, 1.807) is 19.1 Å². The molecule has 15 heavy (non-hydrogen) atoms. The molecule has 0 spiro atoms. The lowest BCUT2D eigenvalue weighted by molar-refractivity contribution is -0.385. The summed E-state index contributed by atoms with van der Waals surface area (Å²) in [4.78, 5) is 10.2. The third-order valence-electron chi connectivity index (χ3n) is 1.99. The minimum absolute atomic E-state index is 0.149. The van der Waals surface area contributed by atoms with E-state index in [0.29, 0.717) is 12.1 Å². The van der Waals surface area contributed by atoms with Crippen LogP contribution in [0.1, 0.15) is 12.5 Å². The first-order valence-electron chi connectivity index (χ1n) is 4.64. The van der Waals surface area contributed by atoms with Crippen LogP contribution >= 0.6 is 0 Å². The van der Waals surface area contributed by atoms with Gasteiger partial charge < -0.3 is 5.32 Å². The van der Waals surface area contributed by atoms with Crippen LogP contribution in [-0.4, -0.2) is 11.5 Å². The fourth-order valence-electron chi connectivity index (χ4n) is 1.22. The molecule has 0 aromatic heterocycles. The molecule has 80 valence electrons. The van der Waals surface area contributed by atoms with Crippen LogP contribution in [0.25, 0.3) is 0 Å². The number of hydrogen-bond acceptors (Lipinski definition) is 3. The first-order valence-corrected chi connectivity index (χ1v) is 4.64. The summed E-state index contributed by atoms with van der Waals surface area (Å²) in [6.45, 7) is 8.09. The maximum Gasteiger partial charge on any atom is 0.272 e. The molecule has 1 aromatic rings. The Kier molecular flexibility index (Phi) is 3.44. The van der Waals surface area contributed by atoms with Gasteiger partial charge in [-0.15, -0.1) is 0 Å². The first-order chi connectivity index (χ1) is 7.00. The molecule has 1 rings (SSSR count). The average Bonchev–Trinajstić information content (AvgIpc) is 2.14. The first kappa shape index (κ1) is 11.2. The summed E-state index contributed by atoms with van der Waals surface area (Å²) in [5.41, 5.74) is 2.70. The topological polar surface area (TPSA) is 55.2 Å². The highest BCUT2D eigenvalue weighted by Crippen LogP contribution is 2.21. The van der Waals surface area contributed by atoms with Crippen LogP contribution in [0.15, 0.2) is 30.4 Å². The van der Waals surface area contributed by atoms with E-state index in [1.165, 1.54) is 6.07 Å². The molecule has 1 N–H and O–H groups in total. The van der Waals surface area contributed by atoms with Gasteiger partial charge in [-0.3, -0.25) is 10.1 Å². The van der Waals surface area contributed by atoms with Crippen molar-refractivity contribution in [1.82, 2.24) is 0 Å². The highest BCUT2D eigenvalue weighted by molar-refractivity contribution is 5.53. The van der Waals surface area contributed by atoms with E-state index < -0.39 is 0 Å². The van der Waals surface area contributed by atoms with Gasteiger partial charge in [-0.05, 0) is 26.0 Å². The van der Waals surface area contributed by atoms with Gasteiger partial charge in [0.2, 0.25) is 0 Å². The third-order valence-corrected chi connectivity index (χ3v) is 1.99. The van der Waals surface area contributed by atoms with Crippen LogP contribution in [0.3, 0.4) is 0 Å². The summed E-state index contributed by atoms with van der Waals surface area (Å²) in [6, 6.07) is 4.98. The van der Waals surface area contributed by atoms with Gasteiger partial charge in [0.25, 0.3) is 5.69 Å². The predicted molar refractivity (Wildman–Crippen MR) is 61.1 cm³/mol. The lowest BCUT2D eigenvalue weighted by Gasteiger charge is -2.06. The smallest absolute Gasteiger partial charge is 0.272 e. The minimum atomic E-state index is -0.377. The largest absolute Gasteiger partial charge is 0.381 e. The lowest BCUT2D eigenvalue weighted by atomic mass is 10.2. The molecular formula is C11H14N2O2. The molecule has 0 aliphatic rings. The summed E-state index contributed by atoms with van der Waals surface area (Å²) >= 11 is 0. The molecular weight excluding hydrogens is 192 g/mol. The van der Waals surface area contributed by atoms with E-state index in [9.17, 15) is 10.1 Å². The van der Waals surface area contributed by atoms with Crippen molar-refractivity contribution < 1.29 is 4.92 Å².